The van der Waals surface area contributed by atoms with Crippen LogP contribution in [0.1, 0.15) is 12.5 Å². The Labute approximate surface area is 116 Å². The van der Waals surface area contributed by atoms with Crippen molar-refractivity contribution in [3.05, 3.63) is 24.3 Å². The molecule has 4 rings (SSSR count). The molecule has 0 radical (unpaired) electrons. The molecule has 2 aliphatic rings. The summed E-state index contributed by atoms with van der Waals surface area (Å²) < 4.78 is 2.04. The molecule has 1 aromatic heterocycles. The molecular formula is C14H17N5O. The van der Waals surface area contributed by atoms with Gasteiger partial charge in [0.15, 0.2) is 5.82 Å². The van der Waals surface area contributed by atoms with Crippen molar-refractivity contribution < 1.29 is 5.11 Å². The number of rotatable bonds is 1. The first kappa shape index (κ1) is 11.7. The van der Waals surface area contributed by atoms with E-state index in [4.69, 9.17) is 0 Å². The van der Waals surface area contributed by atoms with E-state index in [1.165, 1.54) is 0 Å². The Morgan fingerprint density at radius 1 is 1.20 bits per heavy atom. The molecule has 2 aliphatic heterocycles. The minimum atomic E-state index is 0.259. The zero-order valence-corrected chi connectivity index (χ0v) is 11.1. The highest BCUT2D eigenvalue weighted by Crippen LogP contribution is 2.32. The molecule has 3 N–H and O–H groups in total. The Morgan fingerprint density at radius 3 is 2.90 bits per heavy atom. The van der Waals surface area contributed by atoms with Gasteiger partial charge in [0.25, 0.3) is 0 Å². The lowest BCUT2D eigenvalue weighted by Crippen LogP contribution is -2.44. The first-order valence-corrected chi connectivity index (χ1v) is 7.02. The standard InChI is InChI=1S/C14H17N5O/c20-11-3-1-9(2-4-11)13-17-14-16-8-10-7-15-6-5-12(10)19(14)18-13/h1-4,10,12,15,20H,5-8H2,(H,16,17,18). The summed E-state index contributed by atoms with van der Waals surface area (Å²) in [6.45, 7) is 3.02. The number of aromatic hydroxyl groups is 1. The SMILES string of the molecule is Oc1ccc(-c2nc3n(n2)C2CCNCC2CN3)cc1. The zero-order valence-electron chi connectivity index (χ0n) is 11.1. The van der Waals surface area contributed by atoms with E-state index in [9.17, 15) is 5.11 Å². The molecule has 1 saturated heterocycles. The predicted octanol–water partition coefficient (Wildman–Crippen LogP) is 1.23. The molecule has 0 amide bonds. The van der Waals surface area contributed by atoms with Gasteiger partial charge in [-0.1, -0.05) is 0 Å². The molecule has 6 nitrogen and oxygen atoms in total. The molecule has 104 valence electrons. The van der Waals surface area contributed by atoms with Crippen molar-refractivity contribution in [1.29, 1.82) is 0 Å². The number of phenolic OH excluding ortho intramolecular Hbond substituents is 1. The molecule has 1 fully saturated rings. The van der Waals surface area contributed by atoms with Gasteiger partial charge in [-0.05, 0) is 37.2 Å². The highest BCUT2D eigenvalue weighted by Gasteiger charge is 2.33. The first-order valence-electron chi connectivity index (χ1n) is 7.02. The molecule has 2 atom stereocenters. The van der Waals surface area contributed by atoms with E-state index in [1.807, 2.05) is 16.8 Å². The van der Waals surface area contributed by atoms with Crippen LogP contribution in [0.25, 0.3) is 11.4 Å². The third kappa shape index (κ3) is 1.84. The van der Waals surface area contributed by atoms with Crippen LogP contribution in [-0.4, -0.2) is 39.5 Å². The normalized spacial score (nSPS) is 24.6. The summed E-state index contributed by atoms with van der Waals surface area (Å²) in [6.07, 6.45) is 1.09. The second-order valence-electron chi connectivity index (χ2n) is 5.45. The van der Waals surface area contributed by atoms with E-state index < -0.39 is 0 Å². The molecule has 6 heteroatoms. The largest absolute Gasteiger partial charge is 0.508 e. The molecular weight excluding hydrogens is 254 g/mol. The number of piperidine rings is 1. The van der Waals surface area contributed by atoms with Crippen LogP contribution < -0.4 is 10.6 Å². The monoisotopic (exact) mass is 271 g/mol. The molecule has 2 aromatic rings. The first-order chi connectivity index (χ1) is 9.81. The number of anilines is 1. The van der Waals surface area contributed by atoms with E-state index in [-0.39, 0.29) is 5.75 Å². The fraction of sp³-hybridized carbons (Fsp3) is 0.429. The van der Waals surface area contributed by atoms with Gasteiger partial charge in [-0.25, -0.2) is 4.68 Å². The van der Waals surface area contributed by atoms with Crippen molar-refractivity contribution in [2.75, 3.05) is 25.0 Å². The van der Waals surface area contributed by atoms with Crippen LogP contribution in [0, 0.1) is 5.92 Å². The van der Waals surface area contributed by atoms with Crippen LogP contribution >= 0.6 is 0 Å². The van der Waals surface area contributed by atoms with E-state index in [0.29, 0.717) is 17.8 Å². The number of nitrogens with zero attached hydrogens (tertiary/aromatic N) is 3. The molecule has 3 heterocycles. The Bertz CT molecular complexity index is 621. The summed E-state index contributed by atoms with van der Waals surface area (Å²) in [7, 11) is 0. The molecule has 20 heavy (non-hydrogen) atoms. The van der Waals surface area contributed by atoms with Gasteiger partial charge in [-0.15, -0.1) is 5.10 Å². The van der Waals surface area contributed by atoms with E-state index >= 15 is 0 Å². The highest BCUT2D eigenvalue weighted by molar-refractivity contribution is 5.57. The van der Waals surface area contributed by atoms with Crippen molar-refractivity contribution in [1.82, 2.24) is 20.1 Å². The number of phenols is 1. The van der Waals surface area contributed by atoms with Gasteiger partial charge in [-0.2, -0.15) is 4.98 Å². The number of hydrogen-bond acceptors (Lipinski definition) is 5. The van der Waals surface area contributed by atoms with Crippen molar-refractivity contribution >= 4 is 5.95 Å². The quantitative estimate of drug-likeness (QED) is 0.727. The van der Waals surface area contributed by atoms with Crippen LogP contribution in [0.4, 0.5) is 5.95 Å². The molecule has 0 aliphatic carbocycles. The third-order valence-electron chi connectivity index (χ3n) is 4.16. The van der Waals surface area contributed by atoms with Gasteiger partial charge in [0.1, 0.15) is 5.75 Å². The second kappa shape index (κ2) is 4.49. The van der Waals surface area contributed by atoms with E-state index in [2.05, 4.69) is 20.7 Å². The minimum absolute atomic E-state index is 0.259. The maximum Gasteiger partial charge on any atom is 0.221 e. The zero-order chi connectivity index (χ0) is 13.5. The lowest BCUT2D eigenvalue weighted by molar-refractivity contribution is 0.237. The third-order valence-corrected chi connectivity index (χ3v) is 4.16. The Morgan fingerprint density at radius 2 is 2.05 bits per heavy atom. The maximum atomic E-state index is 9.35. The van der Waals surface area contributed by atoms with E-state index in [0.717, 1.165) is 37.6 Å². The Balaban J connectivity index is 1.71. The summed E-state index contributed by atoms with van der Waals surface area (Å²) in [4.78, 5) is 4.58. The Kier molecular flexibility index (Phi) is 2.63. The summed E-state index contributed by atoms with van der Waals surface area (Å²) in [5.74, 6) is 2.41. The van der Waals surface area contributed by atoms with Crippen LogP contribution in [0.3, 0.4) is 0 Å². The molecule has 0 spiro atoms. The molecule has 2 unspecified atom stereocenters. The number of benzene rings is 1. The average Bonchev–Trinajstić information content (AvgIpc) is 2.92. The lowest BCUT2D eigenvalue weighted by Gasteiger charge is -2.36. The van der Waals surface area contributed by atoms with Crippen molar-refractivity contribution in [2.45, 2.75) is 12.5 Å². The van der Waals surface area contributed by atoms with E-state index in [1.54, 1.807) is 12.1 Å². The molecule has 0 saturated carbocycles. The number of hydrogen-bond donors (Lipinski definition) is 3. The average molecular weight is 271 g/mol. The minimum Gasteiger partial charge on any atom is -0.508 e. The van der Waals surface area contributed by atoms with Crippen LogP contribution in [0.15, 0.2) is 24.3 Å². The summed E-state index contributed by atoms with van der Waals surface area (Å²) in [5, 5.41) is 20.8. The number of fused-ring (bicyclic) bond motifs is 3. The topological polar surface area (TPSA) is 75.0 Å². The van der Waals surface area contributed by atoms with Gasteiger partial charge in [0.05, 0.1) is 6.04 Å². The summed E-state index contributed by atoms with van der Waals surface area (Å²) in [6, 6.07) is 7.45. The van der Waals surface area contributed by atoms with Crippen LogP contribution in [0.2, 0.25) is 0 Å². The molecule has 0 bridgehead atoms. The van der Waals surface area contributed by atoms with Gasteiger partial charge in [-0.3, -0.25) is 0 Å². The van der Waals surface area contributed by atoms with Crippen molar-refractivity contribution in [3.63, 3.8) is 0 Å². The van der Waals surface area contributed by atoms with Crippen molar-refractivity contribution in [3.8, 4) is 17.1 Å². The van der Waals surface area contributed by atoms with Crippen LogP contribution in [0.5, 0.6) is 5.75 Å². The van der Waals surface area contributed by atoms with Crippen molar-refractivity contribution in [2.24, 2.45) is 5.92 Å². The Hall–Kier alpha value is -2.08. The number of nitrogens with one attached hydrogen (secondary N) is 2. The fourth-order valence-electron chi connectivity index (χ4n) is 3.07. The maximum absolute atomic E-state index is 9.35. The van der Waals surface area contributed by atoms with Gasteiger partial charge in [0, 0.05) is 24.6 Å². The summed E-state index contributed by atoms with van der Waals surface area (Å²) >= 11 is 0. The van der Waals surface area contributed by atoms with Gasteiger partial charge in [0.2, 0.25) is 5.95 Å². The smallest absolute Gasteiger partial charge is 0.221 e. The highest BCUT2D eigenvalue weighted by atomic mass is 16.3. The van der Waals surface area contributed by atoms with Gasteiger partial charge >= 0.3 is 0 Å². The second-order valence-corrected chi connectivity index (χ2v) is 5.45. The predicted molar refractivity (Wildman–Crippen MR) is 75.6 cm³/mol. The summed E-state index contributed by atoms with van der Waals surface area (Å²) in [5.41, 5.74) is 0.928. The number of aromatic nitrogens is 3. The molecule has 1 aromatic carbocycles. The lowest BCUT2D eigenvalue weighted by atomic mass is 9.92. The van der Waals surface area contributed by atoms with Gasteiger partial charge < -0.3 is 15.7 Å². The van der Waals surface area contributed by atoms with Crippen LogP contribution in [-0.2, 0) is 0 Å². The fourth-order valence-corrected chi connectivity index (χ4v) is 3.07.